The van der Waals surface area contributed by atoms with Crippen molar-refractivity contribution < 1.29 is 13.2 Å². The van der Waals surface area contributed by atoms with Crippen LogP contribution in [0.1, 0.15) is 6.92 Å². The van der Waals surface area contributed by atoms with E-state index in [2.05, 4.69) is 16.1 Å². The minimum Gasteiger partial charge on any atom is -0.326 e. The van der Waals surface area contributed by atoms with Crippen LogP contribution >= 0.6 is 0 Å². The van der Waals surface area contributed by atoms with Crippen LogP contribution in [0.2, 0.25) is 0 Å². The number of amides is 1. The molecule has 103 valence electrons. The lowest BCUT2D eigenvalue weighted by molar-refractivity contribution is -0.114. The number of nitrogens with one attached hydrogen (secondary N) is 2. The summed E-state index contributed by atoms with van der Waals surface area (Å²) in [5.41, 5.74) is 0.989. The summed E-state index contributed by atoms with van der Waals surface area (Å²) in [5.74, 6) is -0.210. The third-order valence-electron chi connectivity index (χ3n) is 2.44. The zero-order valence-corrected chi connectivity index (χ0v) is 11.6. The van der Waals surface area contributed by atoms with Crippen LogP contribution in [-0.4, -0.2) is 14.3 Å². The SMILES string of the molecule is CC(=O)Nc1ccc(S(=O)(=O)Nc2c[c]ccc2)cc1. The summed E-state index contributed by atoms with van der Waals surface area (Å²) in [6.45, 7) is 1.39. The monoisotopic (exact) mass is 289 g/mol. The summed E-state index contributed by atoms with van der Waals surface area (Å²) in [7, 11) is -3.64. The summed E-state index contributed by atoms with van der Waals surface area (Å²) >= 11 is 0. The van der Waals surface area contributed by atoms with Gasteiger partial charge in [0.2, 0.25) is 5.91 Å². The Bertz CT molecular complexity index is 695. The molecule has 0 aliphatic heterocycles. The molecule has 0 fully saturated rings. The van der Waals surface area contributed by atoms with Crippen LogP contribution in [0.25, 0.3) is 0 Å². The van der Waals surface area contributed by atoms with Gasteiger partial charge in [0.25, 0.3) is 10.0 Å². The molecule has 0 aromatic heterocycles. The van der Waals surface area contributed by atoms with Crippen LogP contribution < -0.4 is 10.0 Å². The molecule has 0 aliphatic rings. The van der Waals surface area contributed by atoms with E-state index in [-0.39, 0.29) is 10.8 Å². The van der Waals surface area contributed by atoms with Crippen molar-refractivity contribution in [2.75, 3.05) is 10.0 Å². The van der Waals surface area contributed by atoms with Gasteiger partial charge >= 0.3 is 0 Å². The largest absolute Gasteiger partial charge is 0.326 e. The van der Waals surface area contributed by atoms with Crippen molar-refractivity contribution in [2.45, 2.75) is 11.8 Å². The van der Waals surface area contributed by atoms with Gasteiger partial charge < -0.3 is 5.32 Å². The van der Waals surface area contributed by atoms with Gasteiger partial charge in [-0.3, -0.25) is 9.52 Å². The lowest BCUT2D eigenvalue weighted by Gasteiger charge is -2.08. The highest BCUT2D eigenvalue weighted by molar-refractivity contribution is 7.92. The lowest BCUT2D eigenvalue weighted by atomic mass is 10.3. The van der Waals surface area contributed by atoms with Crippen molar-refractivity contribution in [1.29, 1.82) is 0 Å². The first kappa shape index (κ1) is 14.1. The molecule has 0 unspecified atom stereocenters. The standard InChI is InChI=1S/C14H13N2O3S/c1-11(17)15-12-7-9-14(10-8-12)20(18,19)16-13-5-3-2-4-6-13/h2-3,5-10,16H,1H3,(H,15,17). The smallest absolute Gasteiger partial charge is 0.261 e. The Morgan fingerprint density at radius 2 is 1.80 bits per heavy atom. The molecule has 0 saturated heterocycles. The molecule has 2 N–H and O–H groups in total. The maximum absolute atomic E-state index is 12.1. The Balaban J connectivity index is 2.19. The predicted molar refractivity (Wildman–Crippen MR) is 76.8 cm³/mol. The van der Waals surface area contributed by atoms with Crippen LogP contribution in [0, 0.1) is 6.07 Å². The number of rotatable bonds is 4. The highest BCUT2D eigenvalue weighted by atomic mass is 32.2. The number of sulfonamides is 1. The van der Waals surface area contributed by atoms with Gasteiger partial charge in [-0.05, 0) is 42.5 Å². The molecule has 20 heavy (non-hydrogen) atoms. The van der Waals surface area contributed by atoms with Crippen molar-refractivity contribution >= 4 is 27.3 Å². The number of carbonyl (C=O) groups excluding carboxylic acids is 1. The normalized spacial score (nSPS) is 10.8. The minimum absolute atomic E-state index is 0.121. The number of hydrogen-bond acceptors (Lipinski definition) is 3. The third-order valence-corrected chi connectivity index (χ3v) is 3.84. The van der Waals surface area contributed by atoms with E-state index in [0.29, 0.717) is 11.4 Å². The number of hydrogen-bond donors (Lipinski definition) is 2. The van der Waals surface area contributed by atoms with Crippen LogP contribution in [0.15, 0.2) is 53.4 Å². The van der Waals surface area contributed by atoms with E-state index < -0.39 is 10.0 Å². The van der Waals surface area contributed by atoms with Gasteiger partial charge in [-0.15, -0.1) is 0 Å². The minimum atomic E-state index is -3.64. The Morgan fingerprint density at radius 1 is 1.10 bits per heavy atom. The molecule has 6 heteroatoms. The zero-order valence-electron chi connectivity index (χ0n) is 10.8. The highest BCUT2D eigenvalue weighted by Gasteiger charge is 2.13. The van der Waals surface area contributed by atoms with E-state index in [9.17, 15) is 13.2 Å². The third kappa shape index (κ3) is 3.58. The Hall–Kier alpha value is -2.34. The van der Waals surface area contributed by atoms with Gasteiger partial charge in [0.1, 0.15) is 0 Å². The molecule has 0 aliphatic carbocycles. The average Bonchev–Trinajstić information content (AvgIpc) is 2.39. The van der Waals surface area contributed by atoms with Gasteiger partial charge in [-0.1, -0.05) is 12.1 Å². The Labute approximate surface area is 117 Å². The molecule has 5 nitrogen and oxygen atoms in total. The quantitative estimate of drug-likeness (QED) is 0.906. The van der Waals surface area contributed by atoms with Crippen LogP contribution in [0.4, 0.5) is 11.4 Å². The van der Waals surface area contributed by atoms with Crippen molar-refractivity contribution in [3.63, 3.8) is 0 Å². The van der Waals surface area contributed by atoms with Gasteiger partial charge in [0.05, 0.1) is 4.90 Å². The van der Waals surface area contributed by atoms with Crippen molar-refractivity contribution in [2.24, 2.45) is 0 Å². The van der Waals surface area contributed by atoms with Gasteiger partial charge in [-0.25, -0.2) is 8.42 Å². The molecular formula is C14H13N2O3S. The highest BCUT2D eigenvalue weighted by Crippen LogP contribution is 2.17. The zero-order chi connectivity index (χ0) is 14.6. The van der Waals surface area contributed by atoms with Gasteiger partial charge in [0, 0.05) is 18.3 Å². The second kappa shape index (κ2) is 5.75. The first-order valence-corrected chi connectivity index (χ1v) is 7.32. The molecule has 2 aromatic rings. The number of benzene rings is 2. The van der Waals surface area contributed by atoms with Crippen LogP contribution in [0.3, 0.4) is 0 Å². The topological polar surface area (TPSA) is 75.3 Å². The first-order valence-electron chi connectivity index (χ1n) is 5.84. The molecular weight excluding hydrogens is 276 g/mol. The average molecular weight is 289 g/mol. The fourth-order valence-electron chi connectivity index (χ4n) is 1.59. The van der Waals surface area contributed by atoms with Gasteiger partial charge in [0.15, 0.2) is 0 Å². The van der Waals surface area contributed by atoms with E-state index in [1.54, 1.807) is 24.3 Å². The van der Waals surface area contributed by atoms with Crippen molar-refractivity contribution in [3.8, 4) is 0 Å². The molecule has 1 radical (unpaired) electrons. The molecule has 1 amide bonds. The molecule has 0 atom stereocenters. The molecule has 0 heterocycles. The second-order valence-electron chi connectivity index (χ2n) is 4.10. The van der Waals surface area contributed by atoms with E-state index >= 15 is 0 Å². The van der Waals surface area contributed by atoms with Gasteiger partial charge in [-0.2, -0.15) is 0 Å². The van der Waals surface area contributed by atoms with Crippen molar-refractivity contribution in [1.82, 2.24) is 0 Å². The van der Waals surface area contributed by atoms with E-state index in [0.717, 1.165) is 0 Å². The summed E-state index contributed by atoms with van der Waals surface area (Å²) in [6.07, 6.45) is 0. The molecule has 2 aromatic carbocycles. The summed E-state index contributed by atoms with van der Waals surface area (Å²) in [5, 5.41) is 2.57. The lowest BCUT2D eigenvalue weighted by Crippen LogP contribution is -2.13. The second-order valence-corrected chi connectivity index (χ2v) is 5.79. The van der Waals surface area contributed by atoms with Crippen LogP contribution in [0.5, 0.6) is 0 Å². The molecule has 0 bridgehead atoms. The summed E-state index contributed by atoms with van der Waals surface area (Å²) in [6, 6.07) is 15.3. The predicted octanol–water partition coefficient (Wildman–Crippen LogP) is 2.25. The molecule has 0 saturated carbocycles. The maximum Gasteiger partial charge on any atom is 0.261 e. The Kier molecular flexibility index (Phi) is 4.05. The maximum atomic E-state index is 12.1. The number of anilines is 2. The molecule has 2 rings (SSSR count). The first-order chi connectivity index (χ1) is 9.47. The Morgan fingerprint density at radius 3 is 2.35 bits per heavy atom. The van der Waals surface area contributed by atoms with Crippen LogP contribution in [-0.2, 0) is 14.8 Å². The fraction of sp³-hybridized carbons (Fsp3) is 0.0714. The van der Waals surface area contributed by atoms with Crippen molar-refractivity contribution in [3.05, 3.63) is 54.6 Å². The summed E-state index contributed by atoms with van der Waals surface area (Å²) < 4.78 is 26.7. The fourth-order valence-corrected chi connectivity index (χ4v) is 2.64. The molecule has 0 spiro atoms. The van der Waals surface area contributed by atoms with E-state index in [1.807, 2.05) is 0 Å². The van der Waals surface area contributed by atoms with E-state index in [1.165, 1.54) is 31.2 Å². The summed E-state index contributed by atoms with van der Waals surface area (Å²) in [4.78, 5) is 11.0. The van der Waals surface area contributed by atoms with E-state index in [4.69, 9.17) is 0 Å². The number of carbonyl (C=O) groups is 1.